The molecular weight excluding hydrogens is 406 g/mol. The molecule has 170 valence electrons. The molecule has 33 heavy (non-hydrogen) atoms. The Kier molecular flexibility index (Phi) is 7.31. The third-order valence-electron chi connectivity index (χ3n) is 5.80. The summed E-state index contributed by atoms with van der Waals surface area (Å²) in [6, 6.07) is 31.4. The van der Waals surface area contributed by atoms with Crippen molar-refractivity contribution in [3.63, 3.8) is 0 Å². The second-order valence-corrected chi connectivity index (χ2v) is 9.32. The van der Waals surface area contributed by atoms with Gasteiger partial charge in [-0.1, -0.05) is 93.6 Å². The minimum atomic E-state index is 0.172. The number of nitrogens with one attached hydrogen (secondary N) is 1. The first-order chi connectivity index (χ1) is 16.0. The normalized spacial score (nSPS) is 11.5. The highest BCUT2D eigenvalue weighted by Gasteiger charge is 2.13. The van der Waals surface area contributed by atoms with E-state index in [1.165, 1.54) is 27.5 Å². The van der Waals surface area contributed by atoms with Gasteiger partial charge in [-0.15, -0.1) is 0 Å². The first-order valence-corrected chi connectivity index (χ1v) is 11.6. The van der Waals surface area contributed by atoms with E-state index in [0.29, 0.717) is 13.2 Å². The molecule has 0 atom stereocenters. The van der Waals surface area contributed by atoms with Crippen molar-refractivity contribution in [2.75, 3.05) is 13.2 Å². The third kappa shape index (κ3) is 6.15. The summed E-state index contributed by atoms with van der Waals surface area (Å²) in [7, 11) is 0. The van der Waals surface area contributed by atoms with E-state index in [2.05, 4.69) is 86.8 Å². The van der Waals surface area contributed by atoms with Gasteiger partial charge in [0.2, 0.25) is 0 Å². The van der Waals surface area contributed by atoms with Gasteiger partial charge in [0.1, 0.15) is 24.7 Å². The van der Waals surface area contributed by atoms with E-state index >= 15 is 0 Å². The van der Waals surface area contributed by atoms with Gasteiger partial charge in [-0.05, 0) is 45.5 Å². The number of ether oxygens (including phenoxy) is 2. The molecule has 3 nitrogen and oxygen atoms in total. The number of para-hydroxylation sites is 1. The molecule has 4 aromatic rings. The van der Waals surface area contributed by atoms with Crippen molar-refractivity contribution in [2.45, 2.75) is 39.3 Å². The molecule has 0 radical (unpaired) electrons. The first-order valence-electron chi connectivity index (χ1n) is 11.6. The molecule has 0 aromatic heterocycles. The molecule has 0 heterocycles. The lowest BCUT2D eigenvalue weighted by Crippen LogP contribution is -2.16. The number of rotatable bonds is 9. The molecule has 0 unspecified atom stereocenters. The highest BCUT2D eigenvalue weighted by Crippen LogP contribution is 2.28. The van der Waals surface area contributed by atoms with Crippen molar-refractivity contribution >= 4 is 10.8 Å². The molecule has 0 aliphatic carbocycles. The van der Waals surface area contributed by atoms with Crippen LogP contribution in [0.3, 0.4) is 0 Å². The van der Waals surface area contributed by atoms with Gasteiger partial charge in [0.05, 0.1) is 0 Å². The molecule has 4 rings (SSSR count). The molecule has 0 fully saturated rings. The van der Waals surface area contributed by atoms with Crippen LogP contribution in [0.2, 0.25) is 0 Å². The van der Waals surface area contributed by atoms with Crippen molar-refractivity contribution in [1.82, 2.24) is 5.32 Å². The number of benzene rings is 4. The minimum absolute atomic E-state index is 0.172. The zero-order chi connectivity index (χ0) is 23.1. The Bertz CT molecular complexity index is 1160. The van der Waals surface area contributed by atoms with Crippen LogP contribution >= 0.6 is 0 Å². The SMILES string of the molecule is CC(C)(C)c1ccc(CNCc2c(OCCOc3ccccc3)ccc3ccccc23)cc1. The average molecular weight is 440 g/mol. The number of hydrogen-bond acceptors (Lipinski definition) is 3. The topological polar surface area (TPSA) is 30.5 Å². The quantitative estimate of drug-likeness (QED) is 0.288. The van der Waals surface area contributed by atoms with Gasteiger partial charge in [-0.2, -0.15) is 0 Å². The standard InChI is InChI=1S/C30H33NO2/c1-30(2,3)25-16-13-23(14-17-25)21-31-22-28-27-12-8-7-9-24(27)15-18-29(28)33-20-19-32-26-10-5-4-6-11-26/h4-18,31H,19-22H2,1-3H3. The number of hydrogen-bond donors (Lipinski definition) is 1. The Labute approximate surface area is 197 Å². The van der Waals surface area contributed by atoms with Crippen LogP contribution in [0, 0.1) is 0 Å². The van der Waals surface area contributed by atoms with E-state index in [1.807, 2.05) is 30.3 Å². The summed E-state index contributed by atoms with van der Waals surface area (Å²) < 4.78 is 11.9. The second-order valence-electron chi connectivity index (χ2n) is 9.32. The molecule has 4 aromatic carbocycles. The van der Waals surface area contributed by atoms with E-state index in [0.717, 1.165) is 24.6 Å². The Morgan fingerprint density at radius 2 is 1.36 bits per heavy atom. The molecule has 0 bridgehead atoms. The highest BCUT2D eigenvalue weighted by molar-refractivity contribution is 5.87. The first kappa shape index (κ1) is 22.9. The molecule has 0 aliphatic heterocycles. The van der Waals surface area contributed by atoms with Crippen molar-refractivity contribution in [3.8, 4) is 11.5 Å². The molecule has 1 N–H and O–H groups in total. The second kappa shape index (κ2) is 10.5. The summed E-state index contributed by atoms with van der Waals surface area (Å²) in [6.07, 6.45) is 0. The van der Waals surface area contributed by atoms with Crippen molar-refractivity contribution in [1.29, 1.82) is 0 Å². The van der Waals surface area contributed by atoms with Crippen LogP contribution in [0.1, 0.15) is 37.5 Å². The smallest absolute Gasteiger partial charge is 0.124 e. The van der Waals surface area contributed by atoms with Crippen LogP contribution in [-0.2, 0) is 18.5 Å². The van der Waals surface area contributed by atoms with Crippen LogP contribution < -0.4 is 14.8 Å². The van der Waals surface area contributed by atoms with Gasteiger partial charge in [-0.25, -0.2) is 0 Å². The van der Waals surface area contributed by atoms with E-state index in [1.54, 1.807) is 0 Å². The third-order valence-corrected chi connectivity index (χ3v) is 5.80. The zero-order valence-corrected chi connectivity index (χ0v) is 19.8. The maximum absolute atomic E-state index is 6.16. The zero-order valence-electron chi connectivity index (χ0n) is 19.8. The van der Waals surface area contributed by atoms with E-state index in [9.17, 15) is 0 Å². The summed E-state index contributed by atoms with van der Waals surface area (Å²) in [5, 5.41) is 6.05. The lowest BCUT2D eigenvalue weighted by atomic mass is 9.87. The van der Waals surface area contributed by atoms with Crippen molar-refractivity contribution < 1.29 is 9.47 Å². The van der Waals surface area contributed by atoms with Crippen molar-refractivity contribution in [2.24, 2.45) is 0 Å². The van der Waals surface area contributed by atoms with E-state index in [4.69, 9.17) is 9.47 Å². The minimum Gasteiger partial charge on any atom is -0.490 e. The lowest BCUT2D eigenvalue weighted by molar-refractivity contribution is 0.216. The van der Waals surface area contributed by atoms with Crippen LogP contribution in [0.15, 0.2) is 91.0 Å². The monoisotopic (exact) mass is 439 g/mol. The predicted octanol–water partition coefficient (Wildman–Crippen LogP) is 6.88. The maximum Gasteiger partial charge on any atom is 0.124 e. The van der Waals surface area contributed by atoms with Gasteiger partial charge in [0.25, 0.3) is 0 Å². The molecule has 0 amide bonds. The molecule has 0 spiro atoms. The van der Waals surface area contributed by atoms with Gasteiger partial charge in [-0.3, -0.25) is 0 Å². The van der Waals surface area contributed by atoms with Crippen LogP contribution in [0.25, 0.3) is 10.8 Å². The molecule has 0 aliphatic rings. The van der Waals surface area contributed by atoms with Crippen LogP contribution in [0.5, 0.6) is 11.5 Å². The Hall–Kier alpha value is -3.30. The predicted molar refractivity (Wildman–Crippen MR) is 137 cm³/mol. The molecular formula is C30H33NO2. The Morgan fingerprint density at radius 1 is 0.667 bits per heavy atom. The lowest BCUT2D eigenvalue weighted by Gasteiger charge is -2.19. The number of fused-ring (bicyclic) bond motifs is 1. The van der Waals surface area contributed by atoms with E-state index in [-0.39, 0.29) is 5.41 Å². The van der Waals surface area contributed by atoms with E-state index < -0.39 is 0 Å². The molecule has 0 saturated heterocycles. The highest BCUT2D eigenvalue weighted by atomic mass is 16.5. The fourth-order valence-corrected chi connectivity index (χ4v) is 3.92. The molecule has 0 saturated carbocycles. The van der Waals surface area contributed by atoms with Crippen LogP contribution in [-0.4, -0.2) is 13.2 Å². The summed E-state index contributed by atoms with van der Waals surface area (Å²) in [5.74, 6) is 1.76. The largest absolute Gasteiger partial charge is 0.490 e. The maximum atomic E-state index is 6.16. The molecule has 3 heteroatoms. The van der Waals surface area contributed by atoms with Gasteiger partial charge < -0.3 is 14.8 Å². The Morgan fingerprint density at radius 3 is 2.12 bits per heavy atom. The summed E-state index contributed by atoms with van der Waals surface area (Å²) in [4.78, 5) is 0. The average Bonchev–Trinajstić information content (AvgIpc) is 2.83. The van der Waals surface area contributed by atoms with Gasteiger partial charge in [0, 0.05) is 18.7 Å². The van der Waals surface area contributed by atoms with Gasteiger partial charge in [0.15, 0.2) is 0 Å². The van der Waals surface area contributed by atoms with Gasteiger partial charge >= 0.3 is 0 Å². The summed E-state index contributed by atoms with van der Waals surface area (Å²) in [6.45, 7) is 9.27. The summed E-state index contributed by atoms with van der Waals surface area (Å²) in [5.41, 5.74) is 3.99. The fraction of sp³-hybridized carbons (Fsp3) is 0.267. The van der Waals surface area contributed by atoms with Crippen molar-refractivity contribution in [3.05, 3.63) is 108 Å². The van der Waals surface area contributed by atoms with Crippen LogP contribution in [0.4, 0.5) is 0 Å². The summed E-state index contributed by atoms with van der Waals surface area (Å²) >= 11 is 0. The fourth-order valence-electron chi connectivity index (χ4n) is 3.92. The Balaban J connectivity index is 1.41.